The van der Waals surface area contributed by atoms with Gasteiger partial charge in [-0.2, -0.15) is 0 Å². The van der Waals surface area contributed by atoms with E-state index in [-0.39, 0.29) is 0 Å². The van der Waals surface area contributed by atoms with Crippen molar-refractivity contribution in [3.05, 3.63) is 30.4 Å². The quantitative estimate of drug-likeness (QED) is 0.618. The molecule has 1 aliphatic rings. The molecule has 2 heterocycles. The normalized spacial score (nSPS) is 19.9. The average molecular weight is 249 g/mol. The Kier molecular flexibility index (Phi) is 4.96. The zero-order valence-corrected chi connectivity index (χ0v) is 11.2. The number of nitrogens with zero attached hydrogens (tertiary/aromatic N) is 2. The Labute approximate surface area is 109 Å². The van der Waals surface area contributed by atoms with Crippen LogP contribution in [-0.4, -0.2) is 35.9 Å². The maximum absolute atomic E-state index is 5.55. The molecule has 0 spiro atoms. The highest BCUT2D eigenvalue weighted by Gasteiger charge is 2.18. The molecule has 18 heavy (non-hydrogen) atoms. The number of ether oxygens (including phenoxy) is 1. The van der Waals surface area contributed by atoms with E-state index < -0.39 is 0 Å². The molecule has 2 rings (SSSR count). The maximum Gasteiger partial charge on any atom is 0.0949 e. The van der Waals surface area contributed by atoms with Crippen molar-refractivity contribution in [2.75, 3.05) is 26.3 Å². The molecule has 0 aliphatic carbocycles. The zero-order chi connectivity index (χ0) is 12.8. The topological polar surface area (TPSA) is 39.1 Å². The minimum Gasteiger partial charge on any atom is -0.375 e. The van der Waals surface area contributed by atoms with Crippen LogP contribution in [0.5, 0.6) is 0 Å². The molecule has 0 saturated carbocycles. The molecule has 0 radical (unpaired) electrons. The third-order valence-corrected chi connectivity index (χ3v) is 3.28. The molecule has 1 atom stereocenters. The summed E-state index contributed by atoms with van der Waals surface area (Å²) in [6.45, 7) is 10.3. The van der Waals surface area contributed by atoms with E-state index in [1.54, 1.807) is 0 Å². The third kappa shape index (κ3) is 3.68. The number of hydrogen-bond donors (Lipinski definition) is 1. The largest absolute Gasteiger partial charge is 0.375 e. The summed E-state index contributed by atoms with van der Waals surface area (Å²) in [5.74, 6) is 0.599. The summed E-state index contributed by atoms with van der Waals surface area (Å²) < 4.78 is 7.77. The van der Waals surface area contributed by atoms with Crippen molar-refractivity contribution in [1.82, 2.24) is 14.9 Å². The molecule has 0 amide bonds. The van der Waals surface area contributed by atoms with Gasteiger partial charge >= 0.3 is 0 Å². The first-order chi connectivity index (χ1) is 8.77. The van der Waals surface area contributed by atoms with Crippen LogP contribution >= 0.6 is 0 Å². The molecule has 1 aromatic rings. The fourth-order valence-corrected chi connectivity index (χ4v) is 2.37. The van der Waals surface area contributed by atoms with E-state index in [0.717, 1.165) is 31.8 Å². The molecule has 1 N–H and O–H groups in total. The second kappa shape index (κ2) is 6.71. The number of nitrogens with one attached hydrogen (secondary N) is 1. The van der Waals surface area contributed by atoms with Gasteiger partial charge in [0, 0.05) is 30.9 Å². The fourth-order valence-electron chi connectivity index (χ4n) is 2.37. The van der Waals surface area contributed by atoms with Crippen molar-refractivity contribution in [2.45, 2.75) is 32.2 Å². The molecule has 1 aliphatic heterocycles. The van der Waals surface area contributed by atoms with Crippen molar-refractivity contribution < 1.29 is 4.74 Å². The van der Waals surface area contributed by atoms with Crippen LogP contribution in [0.4, 0.5) is 0 Å². The summed E-state index contributed by atoms with van der Waals surface area (Å²) in [7, 11) is 0. The van der Waals surface area contributed by atoms with Crippen molar-refractivity contribution >= 4 is 0 Å². The monoisotopic (exact) mass is 249 g/mol. The van der Waals surface area contributed by atoms with Crippen LogP contribution in [0, 0.1) is 0 Å². The van der Waals surface area contributed by atoms with Gasteiger partial charge in [0.2, 0.25) is 0 Å². The van der Waals surface area contributed by atoms with Crippen LogP contribution in [0.15, 0.2) is 24.7 Å². The van der Waals surface area contributed by atoms with Crippen molar-refractivity contribution in [1.29, 1.82) is 0 Å². The minimum atomic E-state index is 0.599. The summed E-state index contributed by atoms with van der Waals surface area (Å²) in [6, 6.07) is 0. The third-order valence-electron chi connectivity index (χ3n) is 3.28. The second-order valence-corrected chi connectivity index (χ2v) is 5.06. The molecule has 1 fully saturated rings. The van der Waals surface area contributed by atoms with Gasteiger partial charge in [0.1, 0.15) is 0 Å². The van der Waals surface area contributed by atoms with Gasteiger partial charge in [-0.1, -0.05) is 12.2 Å². The van der Waals surface area contributed by atoms with E-state index in [1.165, 1.54) is 18.5 Å². The lowest BCUT2D eigenvalue weighted by Crippen LogP contribution is -2.29. The first-order valence-corrected chi connectivity index (χ1v) is 6.70. The molecule has 0 bridgehead atoms. The van der Waals surface area contributed by atoms with Crippen LogP contribution in [-0.2, 0) is 11.3 Å². The first-order valence-electron chi connectivity index (χ1n) is 6.70. The van der Waals surface area contributed by atoms with Gasteiger partial charge in [-0.15, -0.1) is 0 Å². The highest BCUT2D eigenvalue weighted by molar-refractivity contribution is 5.08. The fraction of sp³-hybridized carbons (Fsp3) is 0.643. The SMILES string of the molecule is C=C(C)COCCn1cncc1C1CCCNC1. The number of piperidine rings is 1. The van der Waals surface area contributed by atoms with Crippen molar-refractivity contribution in [2.24, 2.45) is 0 Å². The van der Waals surface area contributed by atoms with E-state index >= 15 is 0 Å². The Balaban J connectivity index is 1.85. The summed E-state index contributed by atoms with van der Waals surface area (Å²) >= 11 is 0. The number of hydrogen-bond acceptors (Lipinski definition) is 3. The van der Waals surface area contributed by atoms with Gasteiger partial charge in [-0.25, -0.2) is 4.98 Å². The lowest BCUT2D eigenvalue weighted by atomic mass is 9.96. The van der Waals surface area contributed by atoms with E-state index in [4.69, 9.17) is 4.74 Å². The van der Waals surface area contributed by atoms with Gasteiger partial charge < -0.3 is 14.6 Å². The molecule has 4 nitrogen and oxygen atoms in total. The van der Waals surface area contributed by atoms with Crippen LogP contribution < -0.4 is 5.32 Å². The van der Waals surface area contributed by atoms with E-state index in [0.29, 0.717) is 12.5 Å². The van der Waals surface area contributed by atoms with Gasteiger partial charge in [0.15, 0.2) is 0 Å². The minimum absolute atomic E-state index is 0.599. The molecular weight excluding hydrogens is 226 g/mol. The Morgan fingerprint density at radius 1 is 1.67 bits per heavy atom. The second-order valence-electron chi connectivity index (χ2n) is 5.06. The summed E-state index contributed by atoms with van der Waals surface area (Å²) in [5.41, 5.74) is 2.40. The van der Waals surface area contributed by atoms with Gasteiger partial charge in [-0.3, -0.25) is 0 Å². The molecule has 1 unspecified atom stereocenters. The van der Waals surface area contributed by atoms with Gasteiger partial charge in [0.25, 0.3) is 0 Å². The van der Waals surface area contributed by atoms with Crippen LogP contribution in [0.2, 0.25) is 0 Å². The van der Waals surface area contributed by atoms with E-state index in [2.05, 4.69) is 21.4 Å². The Morgan fingerprint density at radius 3 is 3.28 bits per heavy atom. The molecule has 4 heteroatoms. The molecular formula is C14H23N3O. The lowest BCUT2D eigenvalue weighted by molar-refractivity contribution is 0.146. The highest BCUT2D eigenvalue weighted by atomic mass is 16.5. The van der Waals surface area contributed by atoms with Crippen LogP contribution in [0.1, 0.15) is 31.4 Å². The zero-order valence-electron chi connectivity index (χ0n) is 11.2. The number of imidazole rings is 1. The Morgan fingerprint density at radius 2 is 2.56 bits per heavy atom. The van der Waals surface area contributed by atoms with Crippen molar-refractivity contribution in [3.8, 4) is 0 Å². The van der Waals surface area contributed by atoms with E-state index in [1.807, 2.05) is 19.4 Å². The smallest absolute Gasteiger partial charge is 0.0949 e. The standard InChI is InChI=1S/C14H23N3O/c1-12(2)10-18-7-6-17-11-16-9-14(17)13-4-3-5-15-8-13/h9,11,13,15H,1,3-8,10H2,2H3. The molecule has 100 valence electrons. The predicted molar refractivity (Wildman–Crippen MR) is 72.7 cm³/mol. The summed E-state index contributed by atoms with van der Waals surface area (Å²) in [6.07, 6.45) is 6.41. The van der Waals surface area contributed by atoms with Gasteiger partial charge in [0.05, 0.1) is 19.5 Å². The lowest BCUT2D eigenvalue weighted by Gasteiger charge is -2.23. The number of rotatable bonds is 6. The van der Waals surface area contributed by atoms with Gasteiger partial charge in [-0.05, 0) is 26.3 Å². The molecule has 1 aromatic heterocycles. The summed E-state index contributed by atoms with van der Waals surface area (Å²) in [4.78, 5) is 4.27. The van der Waals surface area contributed by atoms with Crippen LogP contribution in [0.3, 0.4) is 0 Å². The Bertz CT molecular complexity index is 380. The molecule has 0 aromatic carbocycles. The summed E-state index contributed by atoms with van der Waals surface area (Å²) in [5, 5.41) is 3.45. The molecule has 1 saturated heterocycles. The Hall–Kier alpha value is -1.13. The number of aromatic nitrogens is 2. The maximum atomic E-state index is 5.55. The predicted octanol–water partition coefficient (Wildman–Crippen LogP) is 1.94. The van der Waals surface area contributed by atoms with Crippen molar-refractivity contribution in [3.63, 3.8) is 0 Å². The van der Waals surface area contributed by atoms with E-state index in [9.17, 15) is 0 Å². The first kappa shape index (κ1) is 13.3. The average Bonchev–Trinajstić information content (AvgIpc) is 2.84. The van der Waals surface area contributed by atoms with Crippen LogP contribution in [0.25, 0.3) is 0 Å². The highest BCUT2D eigenvalue weighted by Crippen LogP contribution is 2.22.